The molecule has 1 rings (SSSR count). The number of carbonyl (C=O) groups is 1. The Balaban J connectivity index is 3.47. The van der Waals surface area contributed by atoms with Crippen molar-refractivity contribution in [3.63, 3.8) is 0 Å². The molecule has 0 amide bonds. The fourth-order valence-corrected chi connectivity index (χ4v) is 2.38. The predicted octanol–water partition coefficient (Wildman–Crippen LogP) is 3.32. The molecule has 76 valence electrons. The number of halogens is 4. The summed E-state index contributed by atoms with van der Waals surface area (Å²) in [5.41, 5.74) is -0.619. The third-order valence-corrected chi connectivity index (χ3v) is 2.89. The molecule has 0 unspecified atom stereocenters. The minimum Gasteiger partial charge on any atom is -0.478 e. The predicted molar refractivity (Wildman–Crippen MR) is 53.6 cm³/mol. The van der Waals surface area contributed by atoms with Crippen molar-refractivity contribution in [3.05, 3.63) is 33.3 Å². The third-order valence-electron chi connectivity index (χ3n) is 1.62. The molecule has 0 bridgehead atoms. The molecule has 2 nitrogen and oxygen atoms in total. The second-order valence-electron chi connectivity index (χ2n) is 2.45. The number of carboxylic acid groups (broad SMARTS) is 1. The van der Waals surface area contributed by atoms with Gasteiger partial charge in [0.05, 0.1) is 5.56 Å². The number of carboxylic acids is 1. The summed E-state index contributed by atoms with van der Waals surface area (Å²) in [5, 5.41) is 8.65. The fourth-order valence-electron chi connectivity index (χ4n) is 0.911. The van der Waals surface area contributed by atoms with Crippen molar-refractivity contribution in [2.45, 2.75) is 5.33 Å². The average Bonchev–Trinajstić information content (AvgIpc) is 2.12. The summed E-state index contributed by atoms with van der Waals surface area (Å²) in [5.74, 6) is -3.98. The van der Waals surface area contributed by atoms with Crippen LogP contribution in [0.4, 0.5) is 8.78 Å². The van der Waals surface area contributed by atoms with E-state index in [1.807, 2.05) is 0 Å². The zero-order chi connectivity index (χ0) is 10.9. The monoisotopic (exact) mass is 328 g/mol. The van der Waals surface area contributed by atoms with E-state index in [-0.39, 0.29) is 15.4 Å². The number of benzene rings is 1. The first-order valence-electron chi connectivity index (χ1n) is 3.44. The molecule has 1 aromatic rings. The second-order valence-corrected chi connectivity index (χ2v) is 3.87. The van der Waals surface area contributed by atoms with Crippen LogP contribution in [-0.4, -0.2) is 11.1 Å². The maximum atomic E-state index is 13.2. The van der Waals surface area contributed by atoms with E-state index in [0.29, 0.717) is 0 Å². The van der Waals surface area contributed by atoms with Crippen LogP contribution in [0.5, 0.6) is 0 Å². The Morgan fingerprint density at radius 2 is 2.00 bits per heavy atom. The normalized spacial score (nSPS) is 10.3. The Bertz CT molecular complexity index is 393. The van der Waals surface area contributed by atoms with E-state index in [4.69, 9.17) is 5.11 Å². The zero-order valence-corrected chi connectivity index (χ0v) is 9.82. The molecule has 14 heavy (non-hydrogen) atoms. The summed E-state index contributed by atoms with van der Waals surface area (Å²) in [6.45, 7) is 0. The minimum atomic E-state index is -1.50. The lowest BCUT2D eigenvalue weighted by atomic mass is 10.1. The first-order chi connectivity index (χ1) is 6.49. The van der Waals surface area contributed by atoms with Gasteiger partial charge in [0.1, 0.15) is 0 Å². The molecular weight excluding hydrogens is 326 g/mol. The van der Waals surface area contributed by atoms with Gasteiger partial charge in [-0.1, -0.05) is 31.9 Å². The van der Waals surface area contributed by atoms with Gasteiger partial charge in [0, 0.05) is 15.4 Å². The highest BCUT2D eigenvalue weighted by atomic mass is 79.9. The smallest absolute Gasteiger partial charge is 0.338 e. The van der Waals surface area contributed by atoms with Crippen molar-refractivity contribution in [2.75, 3.05) is 0 Å². The summed E-state index contributed by atoms with van der Waals surface area (Å²) in [4.78, 5) is 10.5. The lowest BCUT2D eigenvalue weighted by molar-refractivity contribution is 0.0690. The standard InChI is InChI=1S/C8H4Br2F2O2/c9-2-4-5(10)1-3(8(13)14)6(11)7(4)12/h1H,2H2,(H,13,14). The van der Waals surface area contributed by atoms with Crippen LogP contribution < -0.4 is 0 Å². The molecule has 1 aromatic carbocycles. The van der Waals surface area contributed by atoms with Crippen molar-refractivity contribution in [1.29, 1.82) is 0 Å². The Morgan fingerprint density at radius 1 is 1.43 bits per heavy atom. The van der Waals surface area contributed by atoms with Gasteiger partial charge in [0.15, 0.2) is 11.6 Å². The van der Waals surface area contributed by atoms with Crippen LogP contribution in [0.1, 0.15) is 15.9 Å². The van der Waals surface area contributed by atoms with E-state index in [1.165, 1.54) is 0 Å². The summed E-state index contributed by atoms with van der Waals surface area (Å²) < 4.78 is 26.5. The van der Waals surface area contributed by atoms with Crippen molar-refractivity contribution < 1.29 is 18.7 Å². The van der Waals surface area contributed by atoms with E-state index in [9.17, 15) is 13.6 Å². The zero-order valence-electron chi connectivity index (χ0n) is 6.65. The highest BCUT2D eigenvalue weighted by molar-refractivity contribution is 9.10. The molecular formula is C8H4Br2F2O2. The van der Waals surface area contributed by atoms with E-state index in [1.54, 1.807) is 0 Å². The molecule has 0 radical (unpaired) electrons. The van der Waals surface area contributed by atoms with Gasteiger partial charge >= 0.3 is 5.97 Å². The molecule has 0 aliphatic carbocycles. The van der Waals surface area contributed by atoms with Crippen molar-refractivity contribution in [3.8, 4) is 0 Å². The number of hydrogen-bond donors (Lipinski definition) is 1. The van der Waals surface area contributed by atoms with E-state index in [0.717, 1.165) is 6.07 Å². The van der Waals surface area contributed by atoms with Crippen LogP contribution in [0, 0.1) is 11.6 Å². The Labute approximate surface area is 95.2 Å². The number of hydrogen-bond acceptors (Lipinski definition) is 1. The van der Waals surface area contributed by atoms with Gasteiger partial charge in [-0.15, -0.1) is 0 Å². The Morgan fingerprint density at radius 3 is 2.43 bits per heavy atom. The molecule has 0 spiro atoms. The third kappa shape index (κ3) is 1.95. The van der Waals surface area contributed by atoms with Crippen molar-refractivity contribution in [2.24, 2.45) is 0 Å². The first-order valence-corrected chi connectivity index (χ1v) is 5.36. The Hall–Kier alpha value is -0.490. The number of aromatic carboxylic acids is 1. The fraction of sp³-hybridized carbons (Fsp3) is 0.125. The lowest BCUT2D eigenvalue weighted by Gasteiger charge is -2.06. The molecule has 0 aliphatic heterocycles. The summed E-state index contributed by atoms with van der Waals surface area (Å²) in [6, 6.07) is 1.04. The van der Waals surface area contributed by atoms with E-state index >= 15 is 0 Å². The molecule has 0 aromatic heterocycles. The molecule has 1 N–H and O–H groups in total. The van der Waals surface area contributed by atoms with Gasteiger partial charge in [-0.2, -0.15) is 0 Å². The SMILES string of the molecule is O=C(O)c1cc(Br)c(CBr)c(F)c1F. The van der Waals surface area contributed by atoms with E-state index in [2.05, 4.69) is 31.9 Å². The topological polar surface area (TPSA) is 37.3 Å². The van der Waals surface area contributed by atoms with E-state index < -0.39 is 23.2 Å². The molecule has 0 saturated heterocycles. The van der Waals surface area contributed by atoms with Gasteiger partial charge in [0.25, 0.3) is 0 Å². The van der Waals surface area contributed by atoms with Crippen LogP contribution in [0.25, 0.3) is 0 Å². The lowest BCUT2D eigenvalue weighted by Crippen LogP contribution is -2.05. The summed E-state index contributed by atoms with van der Waals surface area (Å²) in [7, 11) is 0. The quantitative estimate of drug-likeness (QED) is 0.667. The van der Waals surface area contributed by atoms with Gasteiger partial charge < -0.3 is 5.11 Å². The summed E-state index contributed by atoms with van der Waals surface area (Å²) in [6.07, 6.45) is 0. The number of rotatable bonds is 2. The maximum Gasteiger partial charge on any atom is 0.338 e. The summed E-state index contributed by atoms with van der Waals surface area (Å²) >= 11 is 5.93. The first kappa shape index (κ1) is 11.6. The van der Waals surface area contributed by atoms with Crippen LogP contribution >= 0.6 is 31.9 Å². The highest BCUT2D eigenvalue weighted by Crippen LogP contribution is 2.27. The average molecular weight is 330 g/mol. The van der Waals surface area contributed by atoms with Gasteiger partial charge in [-0.05, 0) is 6.07 Å². The molecule has 6 heteroatoms. The molecule has 0 saturated carbocycles. The van der Waals surface area contributed by atoms with Crippen LogP contribution in [-0.2, 0) is 5.33 Å². The molecule has 0 aliphatic rings. The second kappa shape index (κ2) is 4.35. The Kier molecular flexibility index (Phi) is 3.60. The van der Waals surface area contributed by atoms with Crippen LogP contribution in [0.15, 0.2) is 10.5 Å². The molecule has 0 heterocycles. The van der Waals surface area contributed by atoms with Crippen LogP contribution in [0.3, 0.4) is 0 Å². The van der Waals surface area contributed by atoms with Gasteiger partial charge in [-0.25, -0.2) is 13.6 Å². The number of alkyl halides is 1. The van der Waals surface area contributed by atoms with Crippen molar-refractivity contribution >= 4 is 37.8 Å². The largest absolute Gasteiger partial charge is 0.478 e. The van der Waals surface area contributed by atoms with Crippen LogP contribution in [0.2, 0.25) is 0 Å². The maximum absolute atomic E-state index is 13.2. The highest BCUT2D eigenvalue weighted by Gasteiger charge is 2.20. The van der Waals surface area contributed by atoms with Crippen molar-refractivity contribution in [1.82, 2.24) is 0 Å². The molecule has 0 fully saturated rings. The molecule has 0 atom stereocenters. The van der Waals surface area contributed by atoms with Gasteiger partial charge in [0.2, 0.25) is 0 Å². The van der Waals surface area contributed by atoms with Gasteiger partial charge in [-0.3, -0.25) is 0 Å². The minimum absolute atomic E-state index is 0.0625.